The van der Waals surface area contributed by atoms with Crippen LogP contribution in [-0.2, 0) is 11.2 Å². The molecule has 0 saturated heterocycles. The highest BCUT2D eigenvalue weighted by molar-refractivity contribution is 7.99. The Balaban J connectivity index is 1.50. The number of nitrogen functional groups attached to an aromatic ring is 1. The summed E-state index contributed by atoms with van der Waals surface area (Å²) >= 11 is 13.4. The number of thioether (sulfide) groups is 1. The van der Waals surface area contributed by atoms with Gasteiger partial charge in [-0.05, 0) is 42.7 Å². The van der Waals surface area contributed by atoms with Gasteiger partial charge in [-0.3, -0.25) is 14.9 Å². The minimum Gasteiger partial charge on any atom is -0.335 e. The van der Waals surface area contributed by atoms with Crippen molar-refractivity contribution in [3.63, 3.8) is 0 Å². The summed E-state index contributed by atoms with van der Waals surface area (Å²) < 4.78 is 1.27. The smallest absolute Gasteiger partial charge is 0.269 e. The van der Waals surface area contributed by atoms with E-state index in [0.29, 0.717) is 45.2 Å². The van der Waals surface area contributed by atoms with Crippen molar-refractivity contribution in [1.82, 2.24) is 14.9 Å². The number of nitrogens with zero attached hydrogens (tertiary/aromatic N) is 5. The molecule has 0 bridgehead atoms. The number of amides is 1. The summed E-state index contributed by atoms with van der Waals surface area (Å²) in [5, 5.41) is 20.4. The fraction of sp³-hybridized carbons (Fsp3) is 0.211. The number of nitrogens with two attached hydrogens (primary N) is 1. The van der Waals surface area contributed by atoms with E-state index in [0.717, 1.165) is 23.7 Å². The molecule has 0 unspecified atom stereocenters. The molecule has 1 aromatic heterocycles. The number of carbonyl (C=O) groups excluding carboxylic acids is 1. The maximum Gasteiger partial charge on any atom is 0.269 e. The first-order valence-corrected chi connectivity index (χ1v) is 11.0. The lowest BCUT2D eigenvalue weighted by Gasteiger charge is -2.29. The molecule has 9 nitrogen and oxygen atoms in total. The highest BCUT2D eigenvalue weighted by Gasteiger charge is 2.25. The molecular weight excluding hydrogens is 463 g/mol. The van der Waals surface area contributed by atoms with Crippen molar-refractivity contribution in [2.24, 2.45) is 0 Å². The summed E-state index contributed by atoms with van der Waals surface area (Å²) in [5.41, 5.74) is 2.04. The molecule has 0 radical (unpaired) electrons. The van der Waals surface area contributed by atoms with Crippen molar-refractivity contribution < 1.29 is 9.72 Å². The standard InChI is InChI=1S/C19H16Cl2N6O3S/c20-12-3-5-15(21)14(9-12)18-23-24-19(26(18)22)31-10-17(28)25-7-1-2-11-8-13(27(29)30)4-6-16(11)25/h3-6,8-9H,1-2,7,10,22H2. The second-order valence-electron chi connectivity index (χ2n) is 6.81. The predicted octanol–water partition coefficient (Wildman–Crippen LogP) is 3.95. The van der Waals surface area contributed by atoms with Gasteiger partial charge in [-0.15, -0.1) is 10.2 Å². The van der Waals surface area contributed by atoms with Crippen LogP contribution in [0.5, 0.6) is 0 Å². The van der Waals surface area contributed by atoms with Gasteiger partial charge in [-0.25, -0.2) is 4.68 Å². The molecule has 0 fully saturated rings. The summed E-state index contributed by atoms with van der Waals surface area (Å²) in [5.74, 6) is 6.38. The van der Waals surface area contributed by atoms with Crippen molar-refractivity contribution in [3.8, 4) is 11.4 Å². The number of aromatic nitrogens is 3. The highest BCUT2D eigenvalue weighted by Crippen LogP contribution is 2.33. The number of fused-ring (bicyclic) bond motifs is 1. The Labute approximate surface area is 191 Å². The predicted molar refractivity (Wildman–Crippen MR) is 120 cm³/mol. The van der Waals surface area contributed by atoms with E-state index in [9.17, 15) is 14.9 Å². The average molecular weight is 479 g/mol. The lowest BCUT2D eigenvalue weighted by molar-refractivity contribution is -0.384. The summed E-state index contributed by atoms with van der Waals surface area (Å²) in [6.07, 6.45) is 1.42. The lowest BCUT2D eigenvalue weighted by Crippen LogP contribution is -2.36. The normalized spacial score (nSPS) is 13.2. The fourth-order valence-corrected chi connectivity index (χ4v) is 4.50. The average Bonchev–Trinajstić information content (AvgIpc) is 3.12. The van der Waals surface area contributed by atoms with Gasteiger partial charge in [0.15, 0.2) is 5.82 Å². The van der Waals surface area contributed by atoms with Crippen molar-refractivity contribution in [1.29, 1.82) is 0 Å². The zero-order valence-corrected chi connectivity index (χ0v) is 18.3. The number of rotatable bonds is 5. The van der Waals surface area contributed by atoms with Gasteiger partial charge in [0.2, 0.25) is 11.1 Å². The monoisotopic (exact) mass is 478 g/mol. The van der Waals surface area contributed by atoms with Crippen LogP contribution >= 0.6 is 35.0 Å². The molecule has 0 aliphatic carbocycles. The summed E-state index contributed by atoms with van der Waals surface area (Å²) in [7, 11) is 0. The number of anilines is 1. The summed E-state index contributed by atoms with van der Waals surface area (Å²) in [6.45, 7) is 0.545. The second-order valence-corrected chi connectivity index (χ2v) is 8.59. The number of benzene rings is 2. The largest absolute Gasteiger partial charge is 0.335 e. The number of nitro benzene ring substituents is 1. The van der Waals surface area contributed by atoms with Crippen molar-refractivity contribution in [3.05, 3.63) is 62.1 Å². The van der Waals surface area contributed by atoms with E-state index in [1.165, 1.54) is 16.8 Å². The van der Waals surface area contributed by atoms with Crippen LogP contribution in [0.4, 0.5) is 11.4 Å². The number of hydrogen-bond acceptors (Lipinski definition) is 7. The Kier molecular flexibility index (Phi) is 6.03. The molecule has 3 aromatic rings. The molecule has 0 saturated carbocycles. The zero-order chi connectivity index (χ0) is 22.1. The van der Waals surface area contributed by atoms with Crippen LogP contribution < -0.4 is 10.7 Å². The van der Waals surface area contributed by atoms with Gasteiger partial charge in [-0.1, -0.05) is 35.0 Å². The quantitative estimate of drug-likeness (QED) is 0.255. The fourth-order valence-electron chi connectivity index (χ4n) is 3.39. The Hall–Kier alpha value is -2.82. The molecule has 4 rings (SSSR count). The minimum absolute atomic E-state index is 0.0193. The van der Waals surface area contributed by atoms with Crippen LogP contribution in [0.2, 0.25) is 10.0 Å². The Morgan fingerprint density at radius 1 is 1.23 bits per heavy atom. The van der Waals surface area contributed by atoms with Crippen LogP contribution in [0.1, 0.15) is 12.0 Å². The van der Waals surface area contributed by atoms with E-state index in [1.807, 2.05) is 0 Å². The molecule has 1 aliphatic rings. The van der Waals surface area contributed by atoms with Gasteiger partial charge in [0.05, 0.1) is 15.7 Å². The number of aryl methyl sites for hydroxylation is 1. The molecule has 31 heavy (non-hydrogen) atoms. The van der Waals surface area contributed by atoms with Gasteiger partial charge < -0.3 is 10.7 Å². The SMILES string of the molecule is Nn1c(SCC(=O)N2CCCc3cc([N+](=O)[O-])ccc32)nnc1-c1cc(Cl)ccc1Cl. The molecule has 2 heterocycles. The third-order valence-corrected chi connectivity index (χ3v) is 6.34. The van der Waals surface area contributed by atoms with Crippen molar-refractivity contribution in [2.75, 3.05) is 23.0 Å². The van der Waals surface area contributed by atoms with Crippen molar-refractivity contribution in [2.45, 2.75) is 18.0 Å². The lowest BCUT2D eigenvalue weighted by atomic mass is 10.0. The third kappa shape index (κ3) is 4.32. The summed E-state index contributed by atoms with van der Waals surface area (Å²) in [4.78, 5) is 25.1. The summed E-state index contributed by atoms with van der Waals surface area (Å²) in [6, 6.07) is 9.50. The molecule has 1 aliphatic heterocycles. The molecule has 0 spiro atoms. The Morgan fingerprint density at radius 2 is 2.03 bits per heavy atom. The van der Waals surface area contributed by atoms with E-state index in [1.54, 1.807) is 29.2 Å². The van der Waals surface area contributed by atoms with Crippen LogP contribution in [-0.4, -0.2) is 38.0 Å². The molecule has 2 aromatic carbocycles. The number of non-ortho nitro benzene ring substituents is 1. The molecule has 160 valence electrons. The molecule has 1 amide bonds. The highest BCUT2D eigenvalue weighted by atomic mass is 35.5. The number of hydrogen-bond donors (Lipinski definition) is 1. The molecule has 2 N–H and O–H groups in total. The topological polar surface area (TPSA) is 120 Å². The van der Waals surface area contributed by atoms with Gasteiger partial charge in [0.25, 0.3) is 5.69 Å². The van der Waals surface area contributed by atoms with Gasteiger partial charge >= 0.3 is 0 Å². The van der Waals surface area contributed by atoms with Gasteiger partial charge in [0.1, 0.15) is 0 Å². The second kappa shape index (κ2) is 8.74. The first-order valence-electron chi connectivity index (χ1n) is 9.21. The molecule has 12 heteroatoms. The molecule has 0 atom stereocenters. The first-order chi connectivity index (χ1) is 14.8. The minimum atomic E-state index is -0.436. The maximum absolute atomic E-state index is 12.9. The number of nitro groups is 1. The van der Waals surface area contributed by atoms with Crippen LogP contribution in [0, 0.1) is 10.1 Å². The van der Waals surface area contributed by atoms with E-state index >= 15 is 0 Å². The third-order valence-electron chi connectivity index (χ3n) is 4.85. The van der Waals surface area contributed by atoms with Gasteiger partial charge in [0, 0.05) is 35.0 Å². The maximum atomic E-state index is 12.9. The Morgan fingerprint density at radius 3 is 2.81 bits per heavy atom. The van der Waals surface area contributed by atoms with E-state index in [2.05, 4.69) is 10.2 Å². The van der Waals surface area contributed by atoms with E-state index in [-0.39, 0.29) is 17.3 Å². The van der Waals surface area contributed by atoms with Crippen LogP contribution in [0.15, 0.2) is 41.6 Å². The van der Waals surface area contributed by atoms with Crippen LogP contribution in [0.3, 0.4) is 0 Å². The van der Waals surface area contributed by atoms with E-state index < -0.39 is 4.92 Å². The zero-order valence-electron chi connectivity index (χ0n) is 16.0. The van der Waals surface area contributed by atoms with Crippen molar-refractivity contribution >= 4 is 52.2 Å². The van der Waals surface area contributed by atoms with E-state index in [4.69, 9.17) is 29.0 Å². The van der Waals surface area contributed by atoms with Crippen LogP contribution in [0.25, 0.3) is 11.4 Å². The number of halogens is 2. The first kappa shape index (κ1) is 21.4. The number of carbonyl (C=O) groups is 1. The Bertz CT molecular complexity index is 1190. The molecular formula is C19H16Cl2N6O3S. The van der Waals surface area contributed by atoms with Gasteiger partial charge in [-0.2, -0.15) is 0 Å².